The summed E-state index contributed by atoms with van der Waals surface area (Å²) >= 11 is 3.76. The van der Waals surface area contributed by atoms with Crippen LogP contribution in [0.5, 0.6) is 0 Å². The van der Waals surface area contributed by atoms with Gasteiger partial charge in [-0.25, -0.2) is 9.78 Å². The van der Waals surface area contributed by atoms with E-state index in [1.165, 1.54) is 11.6 Å². The van der Waals surface area contributed by atoms with Gasteiger partial charge in [0.1, 0.15) is 0 Å². The van der Waals surface area contributed by atoms with E-state index in [9.17, 15) is 14.4 Å². The average molecular weight is 449 g/mol. The first-order valence-electron chi connectivity index (χ1n) is 7.03. The van der Waals surface area contributed by atoms with Crippen LogP contribution in [0.1, 0.15) is 0 Å². The molecule has 2 aromatic rings. The summed E-state index contributed by atoms with van der Waals surface area (Å²) in [5.41, 5.74) is -0.00286. The van der Waals surface area contributed by atoms with Crippen molar-refractivity contribution in [3.8, 4) is 0 Å². The SMILES string of the molecule is Cn1c(=O)c2c(ncn2CC2SCCN2C(=O)CI)n(C)c1=O. The first-order chi connectivity index (χ1) is 11.0. The lowest BCUT2D eigenvalue weighted by Crippen LogP contribution is -2.39. The maximum absolute atomic E-state index is 12.4. The Morgan fingerprint density at radius 3 is 2.83 bits per heavy atom. The molecule has 8 nitrogen and oxygen atoms in total. The third-order valence-corrected chi connectivity index (χ3v) is 5.85. The van der Waals surface area contributed by atoms with Crippen molar-refractivity contribution >= 4 is 51.4 Å². The fourth-order valence-corrected chi connectivity index (χ4v) is 4.42. The van der Waals surface area contributed by atoms with Crippen molar-refractivity contribution in [1.29, 1.82) is 0 Å². The second kappa shape index (κ2) is 6.30. The van der Waals surface area contributed by atoms with Gasteiger partial charge in [-0.3, -0.25) is 18.7 Å². The van der Waals surface area contributed by atoms with Crippen molar-refractivity contribution in [2.45, 2.75) is 11.9 Å². The zero-order valence-corrected chi connectivity index (χ0v) is 15.7. The Balaban J connectivity index is 2.03. The number of aromatic nitrogens is 4. The normalized spacial score (nSPS) is 18.0. The summed E-state index contributed by atoms with van der Waals surface area (Å²) in [4.78, 5) is 42.4. The zero-order chi connectivity index (χ0) is 16.7. The van der Waals surface area contributed by atoms with Crippen LogP contribution in [0.25, 0.3) is 11.2 Å². The van der Waals surface area contributed by atoms with Gasteiger partial charge in [0.2, 0.25) is 5.91 Å². The highest BCUT2D eigenvalue weighted by Gasteiger charge is 2.29. The molecule has 1 fully saturated rings. The van der Waals surface area contributed by atoms with Crippen LogP contribution >= 0.6 is 34.4 Å². The van der Waals surface area contributed by atoms with Crippen molar-refractivity contribution in [2.24, 2.45) is 14.1 Å². The lowest BCUT2D eigenvalue weighted by molar-refractivity contribution is -0.128. The fourth-order valence-electron chi connectivity index (χ4n) is 2.74. The van der Waals surface area contributed by atoms with Gasteiger partial charge in [-0.15, -0.1) is 11.8 Å². The fraction of sp³-hybridized carbons (Fsp3) is 0.538. The molecule has 1 unspecified atom stereocenters. The number of amides is 1. The van der Waals surface area contributed by atoms with Gasteiger partial charge in [0.05, 0.1) is 22.7 Å². The van der Waals surface area contributed by atoms with E-state index in [-0.39, 0.29) is 16.8 Å². The molecule has 3 rings (SSSR count). The quantitative estimate of drug-likeness (QED) is 0.478. The summed E-state index contributed by atoms with van der Waals surface area (Å²) in [5.74, 6) is 0.987. The van der Waals surface area contributed by atoms with Crippen molar-refractivity contribution in [3.05, 3.63) is 27.2 Å². The summed E-state index contributed by atoms with van der Waals surface area (Å²) in [6.45, 7) is 1.21. The molecule has 0 saturated carbocycles. The molecule has 1 aliphatic heterocycles. The Labute approximate surface area is 149 Å². The van der Waals surface area contributed by atoms with Crippen molar-refractivity contribution < 1.29 is 4.79 Å². The topological polar surface area (TPSA) is 82.1 Å². The number of nitrogens with zero attached hydrogens (tertiary/aromatic N) is 5. The van der Waals surface area contributed by atoms with Crippen LogP contribution in [0.3, 0.4) is 0 Å². The highest BCUT2D eigenvalue weighted by molar-refractivity contribution is 14.1. The predicted octanol–water partition coefficient (Wildman–Crippen LogP) is -0.230. The molecule has 0 bridgehead atoms. The van der Waals surface area contributed by atoms with Crippen LogP contribution in [0.15, 0.2) is 15.9 Å². The number of aryl methyl sites for hydroxylation is 1. The van der Waals surface area contributed by atoms with Crippen molar-refractivity contribution in [1.82, 2.24) is 23.6 Å². The third kappa shape index (κ3) is 2.71. The predicted molar refractivity (Wildman–Crippen MR) is 97.1 cm³/mol. The molecular weight excluding hydrogens is 433 g/mol. The Morgan fingerprint density at radius 1 is 1.39 bits per heavy atom. The molecule has 1 aliphatic rings. The number of fused-ring (bicyclic) bond motifs is 1. The van der Waals surface area contributed by atoms with Crippen LogP contribution in [0.4, 0.5) is 0 Å². The maximum Gasteiger partial charge on any atom is 0.332 e. The van der Waals surface area contributed by atoms with Crippen LogP contribution in [-0.2, 0) is 25.4 Å². The first-order valence-corrected chi connectivity index (χ1v) is 9.61. The summed E-state index contributed by atoms with van der Waals surface area (Å²) < 4.78 is 4.63. The molecule has 0 aromatic carbocycles. The van der Waals surface area contributed by atoms with E-state index < -0.39 is 5.69 Å². The van der Waals surface area contributed by atoms with Crippen LogP contribution in [0.2, 0.25) is 0 Å². The van der Waals surface area contributed by atoms with Gasteiger partial charge in [0, 0.05) is 26.4 Å². The van der Waals surface area contributed by atoms with Gasteiger partial charge in [0.15, 0.2) is 11.2 Å². The number of thioether (sulfide) groups is 1. The molecule has 0 N–H and O–H groups in total. The molecule has 10 heteroatoms. The average Bonchev–Trinajstić information content (AvgIpc) is 3.17. The highest BCUT2D eigenvalue weighted by Crippen LogP contribution is 2.26. The largest absolute Gasteiger partial charge is 0.332 e. The van der Waals surface area contributed by atoms with E-state index in [1.807, 2.05) is 4.90 Å². The monoisotopic (exact) mass is 449 g/mol. The van der Waals surface area contributed by atoms with E-state index >= 15 is 0 Å². The molecule has 1 amide bonds. The molecular formula is C13H16IN5O3S. The van der Waals surface area contributed by atoms with Gasteiger partial charge in [-0.1, -0.05) is 22.6 Å². The second-order valence-corrected chi connectivity index (χ2v) is 7.37. The lowest BCUT2D eigenvalue weighted by Gasteiger charge is -2.23. The van der Waals surface area contributed by atoms with E-state index in [2.05, 4.69) is 27.6 Å². The Morgan fingerprint density at radius 2 is 2.13 bits per heavy atom. The van der Waals surface area contributed by atoms with Crippen LogP contribution in [0, 0.1) is 0 Å². The number of halogens is 1. The number of hydrogen-bond acceptors (Lipinski definition) is 5. The van der Waals surface area contributed by atoms with Gasteiger partial charge in [-0.2, -0.15) is 0 Å². The van der Waals surface area contributed by atoms with E-state index in [0.717, 1.165) is 16.9 Å². The molecule has 1 atom stereocenters. The minimum absolute atomic E-state index is 0.0170. The number of carbonyl (C=O) groups excluding carboxylic acids is 1. The number of imidazole rings is 1. The summed E-state index contributed by atoms with van der Waals surface area (Å²) in [7, 11) is 3.05. The smallest absolute Gasteiger partial charge is 0.327 e. The van der Waals surface area contributed by atoms with Crippen LogP contribution < -0.4 is 11.2 Å². The van der Waals surface area contributed by atoms with Crippen molar-refractivity contribution in [2.75, 3.05) is 16.7 Å². The van der Waals surface area contributed by atoms with E-state index in [4.69, 9.17) is 0 Å². The van der Waals surface area contributed by atoms with Gasteiger partial charge in [0.25, 0.3) is 5.56 Å². The van der Waals surface area contributed by atoms with Crippen molar-refractivity contribution in [3.63, 3.8) is 0 Å². The number of alkyl halides is 1. The minimum atomic E-state index is -0.398. The Kier molecular flexibility index (Phi) is 4.54. The molecule has 2 aromatic heterocycles. The van der Waals surface area contributed by atoms with Gasteiger partial charge >= 0.3 is 5.69 Å². The number of hydrogen-bond donors (Lipinski definition) is 0. The number of rotatable bonds is 3. The molecule has 3 heterocycles. The first kappa shape index (κ1) is 16.6. The molecule has 0 aliphatic carbocycles. The molecule has 124 valence electrons. The van der Waals surface area contributed by atoms with E-state index in [0.29, 0.717) is 22.1 Å². The maximum atomic E-state index is 12.4. The molecule has 1 saturated heterocycles. The lowest BCUT2D eigenvalue weighted by atomic mass is 10.4. The highest BCUT2D eigenvalue weighted by atomic mass is 127. The summed E-state index contributed by atoms with van der Waals surface area (Å²) in [5, 5.41) is -0.0170. The molecule has 0 radical (unpaired) electrons. The summed E-state index contributed by atoms with van der Waals surface area (Å²) in [6.07, 6.45) is 1.57. The Bertz CT molecular complexity index is 886. The minimum Gasteiger partial charge on any atom is -0.327 e. The standard InChI is InChI=1S/C13H16IN5O3S/c1-16-11-10(12(21)17(2)13(16)22)18(7-15-11)6-9-19(3-4-23-9)8(20)5-14/h7,9H,3-6H2,1-2H3. The van der Waals surface area contributed by atoms with E-state index in [1.54, 1.807) is 29.7 Å². The van der Waals surface area contributed by atoms with Gasteiger partial charge < -0.3 is 9.47 Å². The second-order valence-electron chi connectivity index (χ2n) is 5.32. The third-order valence-electron chi connectivity index (χ3n) is 3.99. The summed E-state index contributed by atoms with van der Waals surface area (Å²) in [6, 6.07) is 0. The van der Waals surface area contributed by atoms with Gasteiger partial charge in [-0.05, 0) is 0 Å². The number of carbonyl (C=O) groups is 1. The molecule has 23 heavy (non-hydrogen) atoms. The molecule has 0 spiro atoms. The van der Waals surface area contributed by atoms with Crippen LogP contribution in [-0.4, -0.2) is 51.6 Å². The Hall–Kier alpha value is -1.30. The zero-order valence-electron chi connectivity index (χ0n) is 12.7.